The molecule has 1 aliphatic heterocycles. The van der Waals surface area contributed by atoms with E-state index < -0.39 is 0 Å². The number of likely N-dealkylation sites (tertiary alicyclic amines) is 1. The van der Waals surface area contributed by atoms with E-state index in [-0.39, 0.29) is 11.9 Å². The third-order valence-corrected chi connectivity index (χ3v) is 5.36. The van der Waals surface area contributed by atoms with Crippen molar-refractivity contribution in [3.8, 4) is 11.1 Å². The summed E-state index contributed by atoms with van der Waals surface area (Å²) < 4.78 is 5.27. The van der Waals surface area contributed by atoms with Gasteiger partial charge in [0, 0.05) is 25.1 Å². The van der Waals surface area contributed by atoms with Crippen LogP contribution in [0.2, 0.25) is 0 Å². The molecule has 2 aromatic rings. The van der Waals surface area contributed by atoms with Gasteiger partial charge in [0.2, 0.25) is 0 Å². The number of rotatable bonds is 7. The van der Waals surface area contributed by atoms with Gasteiger partial charge in [-0.25, -0.2) is 0 Å². The summed E-state index contributed by atoms with van der Waals surface area (Å²) in [5.74, 6) is 0.276. The number of piperidine rings is 1. The highest BCUT2D eigenvalue weighted by molar-refractivity contribution is 6.00. The zero-order valence-corrected chi connectivity index (χ0v) is 16.6. The maximum absolute atomic E-state index is 13.1. The van der Waals surface area contributed by atoms with Crippen molar-refractivity contribution in [1.82, 2.24) is 4.90 Å². The van der Waals surface area contributed by atoms with E-state index in [1.807, 2.05) is 59.5 Å². The largest absolute Gasteiger partial charge is 0.466 e. The number of unbranched alkanes of at least 4 members (excludes halogenated alkanes) is 1. The Morgan fingerprint density at radius 3 is 2.39 bits per heavy atom. The second kappa shape index (κ2) is 10.1. The van der Waals surface area contributed by atoms with Gasteiger partial charge < -0.3 is 9.64 Å². The Kier molecular flexibility index (Phi) is 7.24. The molecule has 0 saturated carbocycles. The van der Waals surface area contributed by atoms with Crippen molar-refractivity contribution in [2.45, 2.75) is 39.0 Å². The van der Waals surface area contributed by atoms with Crippen LogP contribution in [0.15, 0.2) is 54.6 Å². The summed E-state index contributed by atoms with van der Waals surface area (Å²) in [4.78, 5) is 27.0. The highest BCUT2D eigenvalue weighted by Gasteiger charge is 2.26. The maximum atomic E-state index is 13.1. The minimum absolute atomic E-state index is 0.0726. The maximum Gasteiger partial charge on any atom is 0.306 e. The van der Waals surface area contributed by atoms with Crippen molar-refractivity contribution in [3.05, 3.63) is 60.2 Å². The summed E-state index contributed by atoms with van der Waals surface area (Å²) >= 11 is 0. The number of carbonyl (C=O) groups is 2. The van der Waals surface area contributed by atoms with Crippen LogP contribution in [0.25, 0.3) is 11.1 Å². The molecule has 4 heteroatoms. The molecule has 1 amide bonds. The second-order valence-electron chi connectivity index (χ2n) is 7.43. The third kappa shape index (κ3) is 5.22. The molecule has 148 valence electrons. The van der Waals surface area contributed by atoms with Crippen LogP contribution in [0, 0.1) is 5.92 Å². The van der Waals surface area contributed by atoms with Crippen LogP contribution in [-0.2, 0) is 9.53 Å². The van der Waals surface area contributed by atoms with Crippen molar-refractivity contribution in [3.63, 3.8) is 0 Å². The lowest BCUT2D eigenvalue weighted by Crippen LogP contribution is -2.39. The molecule has 0 aromatic heterocycles. The van der Waals surface area contributed by atoms with Gasteiger partial charge >= 0.3 is 5.97 Å². The zero-order chi connectivity index (χ0) is 19.8. The predicted molar refractivity (Wildman–Crippen MR) is 111 cm³/mol. The average molecular weight is 380 g/mol. The van der Waals surface area contributed by atoms with Crippen LogP contribution in [-0.4, -0.2) is 36.5 Å². The fourth-order valence-electron chi connectivity index (χ4n) is 3.67. The van der Waals surface area contributed by atoms with Crippen molar-refractivity contribution in [2.75, 3.05) is 19.7 Å². The summed E-state index contributed by atoms with van der Waals surface area (Å²) in [6.45, 7) is 3.98. The first-order chi connectivity index (χ1) is 13.7. The van der Waals surface area contributed by atoms with Gasteiger partial charge in [0.05, 0.1) is 6.61 Å². The Morgan fingerprint density at radius 2 is 1.68 bits per heavy atom. The van der Waals surface area contributed by atoms with Gasteiger partial charge in [-0.3, -0.25) is 9.59 Å². The first kappa shape index (κ1) is 20.1. The lowest BCUT2D eigenvalue weighted by atomic mass is 9.92. The van der Waals surface area contributed by atoms with E-state index in [4.69, 9.17) is 4.74 Å². The third-order valence-electron chi connectivity index (χ3n) is 5.36. The molecule has 4 nitrogen and oxygen atoms in total. The minimum atomic E-state index is -0.104. The average Bonchev–Trinajstić information content (AvgIpc) is 2.74. The number of benzene rings is 2. The molecule has 0 spiro atoms. The lowest BCUT2D eigenvalue weighted by molar-refractivity contribution is -0.145. The molecular weight excluding hydrogens is 350 g/mol. The smallest absolute Gasteiger partial charge is 0.306 e. The molecular formula is C24H29NO3. The molecule has 0 radical (unpaired) electrons. The van der Waals surface area contributed by atoms with Crippen molar-refractivity contribution in [2.24, 2.45) is 5.92 Å². The Bertz CT molecular complexity index is 779. The molecule has 1 aliphatic rings. The molecule has 0 atom stereocenters. The van der Waals surface area contributed by atoms with E-state index >= 15 is 0 Å². The summed E-state index contributed by atoms with van der Waals surface area (Å²) in [6, 6.07) is 17.8. The van der Waals surface area contributed by atoms with E-state index in [9.17, 15) is 9.59 Å². The van der Waals surface area contributed by atoms with Crippen LogP contribution in [0.5, 0.6) is 0 Å². The topological polar surface area (TPSA) is 46.6 Å². The van der Waals surface area contributed by atoms with Crippen molar-refractivity contribution in [1.29, 1.82) is 0 Å². The summed E-state index contributed by atoms with van der Waals surface area (Å²) in [7, 11) is 0. The Labute approximate surface area is 167 Å². The van der Waals surface area contributed by atoms with E-state index in [2.05, 4.69) is 6.92 Å². The Morgan fingerprint density at radius 1 is 1.00 bits per heavy atom. The van der Waals surface area contributed by atoms with E-state index in [1.165, 1.54) is 0 Å². The number of nitrogens with zero attached hydrogens (tertiary/aromatic N) is 1. The van der Waals surface area contributed by atoms with Crippen LogP contribution < -0.4 is 0 Å². The zero-order valence-electron chi connectivity index (χ0n) is 16.6. The second-order valence-corrected chi connectivity index (χ2v) is 7.43. The van der Waals surface area contributed by atoms with Crippen LogP contribution in [0.1, 0.15) is 49.4 Å². The van der Waals surface area contributed by atoms with E-state index in [0.717, 1.165) is 42.4 Å². The SMILES string of the molecule is CCCCOC(=O)CC1CCN(C(=O)c2ccccc2-c2ccccc2)CC1. The van der Waals surface area contributed by atoms with E-state index in [0.29, 0.717) is 32.0 Å². The molecule has 1 saturated heterocycles. The number of amides is 1. The number of ether oxygens (including phenoxy) is 1. The van der Waals surface area contributed by atoms with Crippen molar-refractivity contribution < 1.29 is 14.3 Å². The molecule has 1 fully saturated rings. The van der Waals surface area contributed by atoms with Gasteiger partial charge in [0.25, 0.3) is 5.91 Å². The van der Waals surface area contributed by atoms with Gasteiger partial charge in [-0.05, 0) is 42.4 Å². The predicted octanol–water partition coefficient (Wildman–Crippen LogP) is 4.94. The number of carbonyl (C=O) groups excluding carboxylic acids is 2. The van der Waals surface area contributed by atoms with Gasteiger partial charge in [-0.2, -0.15) is 0 Å². The number of esters is 1. The summed E-state index contributed by atoms with van der Waals surface area (Å²) in [6.07, 6.45) is 4.11. The Balaban J connectivity index is 1.58. The van der Waals surface area contributed by atoms with Crippen LogP contribution in [0.4, 0.5) is 0 Å². The van der Waals surface area contributed by atoms with Gasteiger partial charge in [-0.15, -0.1) is 0 Å². The lowest BCUT2D eigenvalue weighted by Gasteiger charge is -2.32. The standard InChI is InChI=1S/C24H29NO3/c1-2-3-17-28-23(26)18-19-13-15-25(16-14-19)24(27)22-12-8-7-11-21(22)20-9-5-4-6-10-20/h4-12,19H,2-3,13-18H2,1H3. The highest BCUT2D eigenvalue weighted by atomic mass is 16.5. The molecule has 0 unspecified atom stereocenters. The quantitative estimate of drug-likeness (QED) is 0.506. The van der Waals surface area contributed by atoms with Gasteiger partial charge in [-0.1, -0.05) is 61.9 Å². The molecule has 28 heavy (non-hydrogen) atoms. The Hall–Kier alpha value is -2.62. The van der Waals surface area contributed by atoms with Gasteiger partial charge in [0.1, 0.15) is 0 Å². The molecule has 0 N–H and O–H groups in total. The van der Waals surface area contributed by atoms with Crippen LogP contribution in [0.3, 0.4) is 0 Å². The molecule has 3 rings (SSSR count). The normalized spacial score (nSPS) is 14.7. The molecule has 0 aliphatic carbocycles. The minimum Gasteiger partial charge on any atom is -0.466 e. The van der Waals surface area contributed by atoms with E-state index in [1.54, 1.807) is 0 Å². The monoisotopic (exact) mass is 379 g/mol. The first-order valence-electron chi connectivity index (χ1n) is 10.3. The fourth-order valence-corrected chi connectivity index (χ4v) is 3.67. The number of hydrogen-bond donors (Lipinski definition) is 0. The van der Waals surface area contributed by atoms with Gasteiger partial charge in [0.15, 0.2) is 0 Å². The fraction of sp³-hybridized carbons (Fsp3) is 0.417. The highest BCUT2D eigenvalue weighted by Crippen LogP contribution is 2.27. The summed E-state index contributed by atoms with van der Waals surface area (Å²) in [5, 5.41) is 0. The molecule has 0 bridgehead atoms. The van der Waals surface area contributed by atoms with Crippen molar-refractivity contribution >= 4 is 11.9 Å². The molecule has 1 heterocycles. The molecule has 2 aromatic carbocycles. The first-order valence-corrected chi connectivity index (χ1v) is 10.3. The summed E-state index contributed by atoms with van der Waals surface area (Å²) in [5.41, 5.74) is 2.76. The van der Waals surface area contributed by atoms with Crippen LogP contribution >= 0.6 is 0 Å². The number of hydrogen-bond acceptors (Lipinski definition) is 3.